The molecule has 3 aromatic carbocycles. The molecule has 1 aliphatic heterocycles. The molecule has 2 aliphatic rings. The van der Waals surface area contributed by atoms with Gasteiger partial charge in [0.15, 0.2) is 0 Å². The first-order valence-corrected chi connectivity index (χ1v) is 17.0. The number of ether oxygens (including phenoxy) is 3. The van der Waals surface area contributed by atoms with Crippen molar-refractivity contribution in [2.24, 2.45) is 0 Å². The molecule has 1 aliphatic carbocycles. The van der Waals surface area contributed by atoms with E-state index in [9.17, 15) is 17.6 Å². The fourth-order valence-corrected chi connectivity index (χ4v) is 7.47. The number of hydrogen-bond donors (Lipinski definition) is 0. The van der Waals surface area contributed by atoms with Gasteiger partial charge < -0.3 is 19.1 Å². The topological polar surface area (TPSA) is 85.4 Å². The number of methoxy groups -OCH3 is 1. The van der Waals surface area contributed by atoms with Gasteiger partial charge in [0.2, 0.25) is 10.0 Å². The molecule has 2 atom stereocenters. The Hall–Kier alpha value is -3.47. The van der Waals surface area contributed by atoms with Crippen molar-refractivity contribution in [2.45, 2.75) is 69.4 Å². The zero-order valence-corrected chi connectivity index (χ0v) is 26.1. The van der Waals surface area contributed by atoms with Gasteiger partial charge in [0.25, 0.3) is 0 Å². The molecule has 0 unspecified atom stereocenters. The molecular weight excluding hydrogens is 583 g/mol. The second-order valence-corrected chi connectivity index (χ2v) is 13.6. The summed E-state index contributed by atoms with van der Waals surface area (Å²) < 4.78 is 59.0. The van der Waals surface area contributed by atoms with E-state index in [0.717, 1.165) is 42.4 Å². The van der Waals surface area contributed by atoms with Gasteiger partial charge in [-0.25, -0.2) is 17.6 Å². The van der Waals surface area contributed by atoms with Crippen molar-refractivity contribution in [2.75, 3.05) is 26.5 Å². The highest BCUT2D eigenvalue weighted by atomic mass is 32.2. The molecule has 0 aromatic heterocycles. The Labute approximate surface area is 259 Å². The maximum absolute atomic E-state index is 13.8. The molecule has 3 aromatic rings. The lowest BCUT2D eigenvalue weighted by Gasteiger charge is -2.35. The van der Waals surface area contributed by atoms with E-state index in [1.54, 1.807) is 36.3 Å². The van der Waals surface area contributed by atoms with E-state index >= 15 is 0 Å². The minimum atomic E-state index is -3.65. The highest BCUT2D eigenvalue weighted by molar-refractivity contribution is 7.88. The first-order chi connectivity index (χ1) is 21.2. The summed E-state index contributed by atoms with van der Waals surface area (Å²) in [5.41, 5.74) is 2.70. The minimum absolute atomic E-state index is 0.0310. The van der Waals surface area contributed by atoms with Crippen molar-refractivity contribution in [3.63, 3.8) is 0 Å². The van der Waals surface area contributed by atoms with Crippen molar-refractivity contribution in [1.82, 2.24) is 9.21 Å². The number of sulfonamides is 1. The van der Waals surface area contributed by atoms with Gasteiger partial charge in [-0.1, -0.05) is 54.6 Å². The van der Waals surface area contributed by atoms with Crippen LogP contribution in [0.15, 0.2) is 78.9 Å². The quantitative estimate of drug-likeness (QED) is 0.256. The van der Waals surface area contributed by atoms with Gasteiger partial charge in [-0.15, -0.1) is 0 Å². The van der Waals surface area contributed by atoms with Gasteiger partial charge in [-0.3, -0.25) is 0 Å². The Bertz CT molecular complexity index is 1480. The second kappa shape index (κ2) is 14.5. The zero-order valence-electron chi connectivity index (χ0n) is 25.3. The van der Waals surface area contributed by atoms with Crippen LogP contribution in [0.4, 0.5) is 9.18 Å². The lowest BCUT2D eigenvalue weighted by molar-refractivity contribution is -0.0130. The van der Waals surface area contributed by atoms with E-state index in [1.807, 2.05) is 48.5 Å². The molecule has 1 saturated heterocycles. The largest absolute Gasteiger partial charge is 0.497 e. The number of likely N-dealkylation sites (tertiary alicyclic amines) is 1. The third-order valence-corrected chi connectivity index (χ3v) is 9.99. The Balaban J connectivity index is 1.30. The van der Waals surface area contributed by atoms with Crippen molar-refractivity contribution in [1.29, 1.82) is 0 Å². The van der Waals surface area contributed by atoms with Crippen LogP contribution in [0.25, 0.3) is 0 Å². The van der Waals surface area contributed by atoms with E-state index in [4.69, 9.17) is 14.2 Å². The number of nitrogens with zero attached hydrogens (tertiary/aromatic N) is 2. The van der Waals surface area contributed by atoms with E-state index in [2.05, 4.69) is 0 Å². The molecule has 8 nitrogen and oxygen atoms in total. The maximum Gasteiger partial charge on any atom is 0.410 e. The number of carbonyl (C=O) groups excluding carboxylic acids is 1. The van der Waals surface area contributed by atoms with Crippen molar-refractivity contribution in [3.05, 3.63) is 101 Å². The highest BCUT2D eigenvalue weighted by Gasteiger charge is 2.44. The number of hydrogen-bond acceptors (Lipinski definition) is 6. The van der Waals surface area contributed by atoms with Gasteiger partial charge in [0.05, 0.1) is 32.1 Å². The van der Waals surface area contributed by atoms with Crippen molar-refractivity contribution < 1.29 is 31.8 Å². The predicted molar refractivity (Wildman–Crippen MR) is 166 cm³/mol. The summed E-state index contributed by atoms with van der Waals surface area (Å²) in [7, 11) is -2.06. The van der Waals surface area contributed by atoms with Crippen LogP contribution >= 0.6 is 0 Å². The molecule has 0 bridgehead atoms. The first kappa shape index (κ1) is 31.9. The molecule has 5 rings (SSSR count). The minimum Gasteiger partial charge on any atom is -0.497 e. The Morgan fingerprint density at radius 3 is 2.32 bits per heavy atom. The van der Waals surface area contributed by atoms with Crippen LogP contribution in [0.3, 0.4) is 0 Å². The molecule has 1 heterocycles. The zero-order chi connectivity index (χ0) is 31.1. The van der Waals surface area contributed by atoms with Gasteiger partial charge in [0.1, 0.15) is 18.2 Å². The lowest BCUT2D eigenvalue weighted by Crippen LogP contribution is -2.51. The number of benzene rings is 3. The van der Waals surface area contributed by atoms with Crippen LogP contribution in [-0.2, 0) is 32.6 Å². The summed E-state index contributed by atoms with van der Waals surface area (Å²) in [4.78, 5) is 15.0. The molecule has 0 radical (unpaired) electrons. The molecular formula is C34H41FN2O6S. The fraction of sp³-hybridized carbons (Fsp3) is 0.441. The van der Waals surface area contributed by atoms with Crippen LogP contribution in [0, 0.1) is 5.82 Å². The molecule has 236 valence electrons. The number of halogens is 1. The van der Waals surface area contributed by atoms with Crippen LogP contribution < -0.4 is 4.74 Å². The average Bonchev–Trinajstić information content (AvgIpc) is 3.45. The van der Waals surface area contributed by atoms with Crippen LogP contribution in [0.1, 0.15) is 54.7 Å². The summed E-state index contributed by atoms with van der Waals surface area (Å²) in [6.07, 6.45) is 4.50. The summed E-state index contributed by atoms with van der Waals surface area (Å²) in [6, 6.07) is 22.5. The third kappa shape index (κ3) is 8.16. The van der Waals surface area contributed by atoms with Crippen LogP contribution in [0.5, 0.6) is 5.75 Å². The molecule has 1 amide bonds. The van der Waals surface area contributed by atoms with Crippen molar-refractivity contribution in [3.8, 4) is 5.75 Å². The summed E-state index contributed by atoms with van der Waals surface area (Å²) in [5.74, 6) is 0.739. The number of amides is 1. The SMILES string of the molecule is COc1ccc(CN([C@H]2CCN(C(=O)OCc3ccccc3)[C@H]2COC2CCC(c3cccc(F)c3)CC2)S(C)(=O)=O)cc1. The summed E-state index contributed by atoms with van der Waals surface area (Å²) in [6.45, 7) is 0.831. The predicted octanol–water partition coefficient (Wildman–Crippen LogP) is 6.12. The van der Waals surface area contributed by atoms with Gasteiger partial charge >= 0.3 is 6.09 Å². The van der Waals surface area contributed by atoms with Gasteiger partial charge in [-0.05, 0) is 79.0 Å². The highest BCUT2D eigenvalue weighted by Crippen LogP contribution is 2.35. The smallest absolute Gasteiger partial charge is 0.410 e. The van der Waals surface area contributed by atoms with Crippen molar-refractivity contribution >= 4 is 16.1 Å². The maximum atomic E-state index is 13.8. The standard InChI is InChI=1S/C34H41FN2O6S/c1-41-30-15-11-25(12-16-30)22-37(44(2,39)40)32-19-20-36(34(38)43-23-26-7-4-3-5-8-26)33(32)24-42-31-17-13-27(14-18-31)28-9-6-10-29(35)21-28/h3-12,15-16,21,27,31-33H,13-14,17-20,22-24H2,1-2H3/t27?,31?,32-,33-/m0/s1. The number of carbonyl (C=O) groups is 1. The lowest BCUT2D eigenvalue weighted by atomic mass is 9.82. The molecule has 1 saturated carbocycles. The normalized spacial score (nSPS) is 22.2. The molecule has 0 N–H and O–H groups in total. The van der Waals surface area contributed by atoms with E-state index in [0.29, 0.717) is 18.7 Å². The average molecular weight is 625 g/mol. The Kier molecular flexibility index (Phi) is 10.6. The first-order valence-electron chi connectivity index (χ1n) is 15.2. The Morgan fingerprint density at radius 2 is 1.66 bits per heavy atom. The summed E-state index contributed by atoms with van der Waals surface area (Å²) >= 11 is 0. The molecule has 10 heteroatoms. The van der Waals surface area contributed by atoms with Gasteiger partial charge in [0, 0.05) is 19.1 Å². The third-order valence-electron chi connectivity index (χ3n) is 8.74. The molecule has 44 heavy (non-hydrogen) atoms. The van der Waals surface area contributed by atoms with Crippen LogP contribution in [-0.4, -0.2) is 68.4 Å². The second-order valence-electron chi connectivity index (χ2n) is 11.7. The fourth-order valence-electron chi connectivity index (χ4n) is 6.35. The van der Waals surface area contributed by atoms with Crippen LogP contribution in [0.2, 0.25) is 0 Å². The summed E-state index contributed by atoms with van der Waals surface area (Å²) in [5, 5.41) is 0. The van der Waals surface area contributed by atoms with E-state index in [1.165, 1.54) is 16.6 Å². The number of rotatable bonds is 11. The van der Waals surface area contributed by atoms with E-state index in [-0.39, 0.29) is 37.6 Å². The monoisotopic (exact) mass is 624 g/mol. The van der Waals surface area contributed by atoms with E-state index < -0.39 is 28.2 Å². The molecule has 2 fully saturated rings. The van der Waals surface area contributed by atoms with Gasteiger partial charge in [-0.2, -0.15) is 4.31 Å². The Morgan fingerprint density at radius 1 is 0.932 bits per heavy atom. The molecule has 0 spiro atoms.